The summed E-state index contributed by atoms with van der Waals surface area (Å²) in [6, 6.07) is 12.8. The molecule has 0 fully saturated rings. The van der Waals surface area contributed by atoms with Gasteiger partial charge in [-0.05, 0) is 23.8 Å². The molecule has 0 aliphatic heterocycles. The van der Waals surface area contributed by atoms with Crippen molar-refractivity contribution in [2.75, 3.05) is 12.8 Å². The number of para-hydroxylation sites is 1. The second kappa shape index (κ2) is 5.95. The fraction of sp³-hybridized carbons (Fsp3) is 0.200. The summed E-state index contributed by atoms with van der Waals surface area (Å²) in [4.78, 5) is 0. The van der Waals surface area contributed by atoms with Gasteiger partial charge in [-0.1, -0.05) is 35.9 Å². The van der Waals surface area contributed by atoms with Gasteiger partial charge in [0.05, 0.1) is 18.9 Å². The lowest BCUT2D eigenvalue weighted by molar-refractivity contribution is 0.179. The van der Waals surface area contributed by atoms with Gasteiger partial charge in [0.2, 0.25) is 0 Å². The van der Waals surface area contributed by atoms with E-state index < -0.39 is 6.10 Å². The Labute approximate surface area is 117 Å². The maximum Gasteiger partial charge on any atom is 0.142 e. The van der Waals surface area contributed by atoms with Crippen molar-refractivity contribution in [1.29, 1.82) is 0 Å². The average Bonchev–Trinajstić information content (AvgIpc) is 2.41. The molecular formula is C15H16ClNO2. The monoisotopic (exact) mass is 277 g/mol. The van der Waals surface area contributed by atoms with E-state index in [1.54, 1.807) is 31.4 Å². The molecule has 100 valence electrons. The van der Waals surface area contributed by atoms with Crippen LogP contribution in [-0.2, 0) is 6.42 Å². The van der Waals surface area contributed by atoms with E-state index in [1.165, 1.54) is 0 Å². The molecule has 0 aliphatic rings. The molecule has 2 rings (SSSR count). The molecule has 3 N–H and O–H groups in total. The number of methoxy groups -OCH3 is 1. The lowest BCUT2D eigenvalue weighted by Crippen LogP contribution is -2.06. The van der Waals surface area contributed by atoms with Crippen molar-refractivity contribution in [3.8, 4) is 5.75 Å². The first-order valence-electron chi connectivity index (χ1n) is 5.96. The van der Waals surface area contributed by atoms with Crippen LogP contribution in [0.2, 0.25) is 5.02 Å². The quantitative estimate of drug-likeness (QED) is 0.844. The number of anilines is 1. The third-order valence-electron chi connectivity index (χ3n) is 3.02. The van der Waals surface area contributed by atoms with Crippen LogP contribution < -0.4 is 10.5 Å². The normalized spacial score (nSPS) is 12.2. The zero-order chi connectivity index (χ0) is 13.8. The Morgan fingerprint density at radius 2 is 1.89 bits per heavy atom. The molecule has 0 radical (unpaired) electrons. The summed E-state index contributed by atoms with van der Waals surface area (Å²) in [5, 5.41) is 11.0. The predicted molar refractivity (Wildman–Crippen MR) is 77.5 cm³/mol. The largest absolute Gasteiger partial charge is 0.495 e. The molecule has 19 heavy (non-hydrogen) atoms. The van der Waals surface area contributed by atoms with Crippen LogP contribution in [-0.4, -0.2) is 12.2 Å². The Kier molecular flexibility index (Phi) is 4.30. The SMILES string of the molecule is COc1cccc(C(O)Cc2ccc(Cl)cc2)c1N. The molecule has 0 heterocycles. The molecule has 0 aromatic heterocycles. The third kappa shape index (κ3) is 3.19. The minimum Gasteiger partial charge on any atom is -0.495 e. The molecule has 1 atom stereocenters. The molecule has 0 saturated heterocycles. The van der Waals surface area contributed by atoms with Gasteiger partial charge in [0.1, 0.15) is 5.75 Å². The minimum absolute atomic E-state index is 0.478. The van der Waals surface area contributed by atoms with Crippen molar-refractivity contribution >= 4 is 17.3 Å². The number of halogens is 1. The van der Waals surface area contributed by atoms with E-state index >= 15 is 0 Å². The molecule has 0 aliphatic carbocycles. The molecule has 0 amide bonds. The van der Waals surface area contributed by atoms with Crippen molar-refractivity contribution in [3.63, 3.8) is 0 Å². The van der Waals surface area contributed by atoms with Gasteiger partial charge in [-0.3, -0.25) is 0 Å². The smallest absolute Gasteiger partial charge is 0.142 e. The van der Waals surface area contributed by atoms with Crippen LogP contribution in [0.5, 0.6) is 5.75 Å². The first-order valence-corrected chi connectivity index (χ1v) is 6.34. The van der Waals surface area contributed by atoms with E-state index in [0.717, 1.165) is 5.56 Å². The van der Waals surface area contributed by atoms with Crippen LogP contribution >= 0.6 is 11.6 Å². The minimum atomic E-state index is -0.670. The van der Waals surface area contributed by atoms with Crippen LogP contribution in [0.25, 0.3) is 0 Å². The number of aliphatic hydroxyl groups excluding tert-OH is 1. The van der Waals surface area contributed by atoms with E-state index in [2.05, 4.69) is 0 Å². The topological polar surface area (TPSA) is 55.5 Å². The van der Waals surface area contributed by atoms with Gasteiger partial charge < -0.3 is 15.6 Å². The number of ether oxygens (including phenoxy) is 1. The number of nitrogens with two attached hydrogens (primary N) is 1. The summed E-state index contributed by atoms with van der Waals surface area (Å²) in [5.41, 5.74) is 8.12. The fourth-order valence-corrected chi connectivity index (χ4v) is 2.11. The van der Waals surface area contributed by atoms with Crippen molar-refractivity contribution in [3.05, 3.63) is 58.6 Å². The Bertz CT molecular complexity index is 555. The first kappa shape index (κ1) is 13.7. The average molecular weight is 278 g/mol. The van der Waals surface area contributed by atoms with E-state index in [0.29, 0.717) is 28.4 Å². The number of hydrogen-bond acceptors (Lipinski definition) is 3. The van der Waals surface area contributed by atoms with E-state index in [4.69, 9.17) is 22.1 Å². The summed E-state index contributed by atoms with van der Waals surface area (Å²) in [5.74, 6) is 0.577. The van der Waals surface area contributed by atoms with Crippen LogP contribution in [0.3, 0.4) is 0 Å². The highest BCUT2D eigenvalue weighted by Crippen LogP contribution is 2.31. The van der Waals surface area contributed by atoms with Crippen molar-refractivity contribution in [1.82, 2.24) is 0 Å². The summed E-state index contributed by atoms with van der Waals surface area (Å²) in [6.07, 6.45) is -0.189. The molecule has 2 aromatic carbocycles. The predicted octanol–water partition coefficient (Wildman–Crippen LogP) is 3.21. The van der Waals surface area contributed by atoms with Crippen LogP contribution in [0.4, 0.5) is 5.69 Å². The van der Waals surface area contributed by atoms with Gasteiger partial charge in [0, 0.05) is 17.0 Å². The van der Waals surface area contributed by atoms with Crippen LogP contribution in [0.1, 0.15) is 17.2 Å². The highest BCUT2D eigenvalue weighted by atomic mass is 35.5. The molecule has 0 saturated carbocycles. The van der Waals surface area contributed by atoms with Crippen LogP contribution in [0.15, 0.2) is 42.5 Å². The Hall–Kier alpha value is -1.71. The second-order valence-corrected chi connectivity index (χ2v) is 4.75. The van der Waals surface area contributed by atoms with E-state index in [-0.39, 0.29) is 0 Å². The number of hydrogen-bond donors (Lipinski definition) is 2. The molecule has 0 bridgehead atoms. The zero-order valence-electron chi connectivity index (χ0n) is 10.6. The van der Waals surface area contributed by atoms with Crippen LogP contribution in [0, 0.1) is 0 Å². The maximum absolute atomic E-state index is 10.3. The first-order chi connectivity index (χ1) is 9.11. The fourth-order valence-electron chi connectivity index (χ4n) is 1.98. The van der Waals surface area contributed by atoms with E-state index in [1.807, 2.05) is 18.2 Å². The summed E-state index contributed by atoms with van der Waals surface area (Å²) in [7, 11) is 1.56. The lowest BCUT2D eigenvalue weighted by Gasteiger charge is -2.15. The summed E-state index contributed by atoms with van der Waals surface area (Å²) >= 11 is 5.83. The summed E-state index contributed by atoms with van der Waals surface area (Å²) in [6.45, 7) is 0. The molecule has 2 aromatic rings. The maximum atomic E-state index is 10.3. The van der Waals surface area contributed by atoms with Gasteiger partial charge >= 0.3 is 0 Å². The Balaban J connectivity index is 2.20. The standard InChI is InChI=1S/C15H16ClNO2/c1-19-14-4-2-3-12(15(14)17)13(18)9-10-5-7-11(16)8-6-10/h2-8,13,18H,9,17H2,1H3. The molecule has 1 unspecified atom stereocenters. The molecule has 4 heteroatoms. The van der Waals surface area contributed by atoms with Gasteiger partial charge in [0.25, 0.3) is 0 Å². The highest BCUT2D eigenvalue weighted by Gasteiger charge is 2.14. The zero-order valence-corrected chi connectivity index (χ0v) is 11.4. The van der Waals surface area contributed by atoms with E-state index in [9.17, 15) is 5.11 Å². The second-order valence-electron chi connectivity index (χ2n) is 4.31. The van der Waals surface area contributed by atoms with Gasteiger partial charge in [0.15, 0.2) is 0 Å². The lowest BCUT2D eigenvalue weighted by atomic mass is 10.00. The van der Waals surface area contributed by atoms with Crippen molar-refractivity contribution in [2.45, 2.75) is 12.5 Å². The van der Waals surface area contributed by atoms with Gasteiger partial charge in [-0.15, -0.1) is 0 Å². The molecule has 0 spiro atoms. The number of rotatable bonds is 4. The number of benzene rings is 2. The van der Waals surface area contributed by atoms with Gasteiger partial charge in [-0.25, -0.2) is 0 Å². The summed E-state index contributed by atoms with van der Waals surface area (Å²) < 4.78 is 5.15. The third-order valence-corrected chi connectivity index (χ3v) is 3.27. The highest BCUT2D eigenvalue weighted by molar-refractivity contribution is 6.30. The Morgan fingerprint density at radius 1 is 1.21 bits per heavy atom. The number of nitrogen functional groups attached to an aromatic ring is 1. The molecular weight excluding hydrogens is 262 g/mol. The van der Waals surface area contributed by atoms with Crippen molar-refractivity contribution < 1.29 is 9.84 Å². The van der Waals surface area contributed by atoms with Crippen molar-refractivity contribution in [2.24, 2.45) is 0 Å². The number of aliphatic hydroxyl groups is 1. The Morgan fingerprint density at radius 3 is 2.53 bits per heavy atom. The van der Waals surface area contributed by atoms with Gasteiger partial charge in [-0.2, -0.15) is 0 Å². The molecule has 3 nitrogen and oxygen atoms in total.